The van der Waals surface area contributed by atoms with E-state index >= 15 is 0 Å². The molecule has 2 aromatic carbocycles. The lowest BCUT2D eigenvalue weighted by atomic mass is 9.94. The number of carbonyl (C=O) groups excluding carboxylic acids is 2. The molecule has 1 saturated heterocycles. The Labute approximate surface area is 189 Å². The van der Waals surface area contributed by atoms with Gasteiger partial charge in [0, 0.05) is 18.7 Å². The average Bonchev–Trinajstić information content (AvgIpc) is 3.01. The van der Waals surface area contributed by atoms with Crippen molar-refractivity contribution in [2.75, 3.05) is 19.8 Å². The molecule has 0 spiro atoms. The molecule has 1 aliphatic rings. The predicted molar refractivity (Wildman–Crippen MR) is 124 cm³/mol. The largest absolute Gasteiger partial charge is 0.507 e. The fourth-order valence-electron chi connectivity index (χ4n) is 3.91. The van der Waals surface area contributed by atoms with Crippen molar-refractivity contribution < 1.29 is 24.2 Å². The molecule has 1 aliphatic heterocycles. The molecule has 6 heteroatoms. The molecule has 1 unspecified atom stereocenters. The zero-order chi connectivity index (χ0) is 23.3. The van der Waals surface area contributed by atoms with Gasteiger partial charge in [0.1, 0.15) is 11.5 Å². The van der Waals surface area contributed by atoms with Crippen LogP contribution in [0.3, 0.4) is 0 Å². The van der Waals surface area contributed by atoms with Crippen molar-refractivity contribution in [3.05, 3.63) is 70.8 Å². The normalized spacial score (nSPS) is 17.9. The molecule has 3 rings (SSSR count). The molecule has 1 N–H and O–H groups in total. The quantitative estimate of drug-likeness (QED) is 0.268. The third kappa shape index (κ3) is 5.19. The van der Waals surface area contributed by atoms with E-state index in [4.69, 9.17) is 9.47 Å². The van der Waals surface area contributed by atoms with Gasteiger partial charge in [-0.05, 0) is 51.8 Å². The van der Waals surface area contributed by atoms with Gasteiger partial charge in [-0.2, -0.15) is 0 Å². The number of nitrogens with zero attached hydrogens (tertiary/aromatic N) is 1. The molecular formula is C26H31NO5. The van der Waals surface area contributed by atoms with Crippen LogP contribution in [-0.2, 0) is 14.3 Å². The van der Waals surface area contributed by atoms with E-state index in [1.165, 1.54) is 0 Å². The molecule has 170 valence electrons. The van der Waals surface area contributed by atoms with E-state index in [1.807, 2.05) is 52.0 Å². The van der Waals surface area contributed by atoms with Crippen molar-refractivity contribution in [2.24, 2.45) is 0 Å². The summed E-state index contributed by atoms with van der Waals surface area (Å²) in [5, 5.41) is 11.2. The zero-order valence-corrected chi connectivity index (χ0v) is 19.1. The van der Waals surface area contributed by atoms with Crippen LogP contribution in [0.25, 0.3) is 5.76 Å². The molecule has 32 heavy (non-hydrogen) atoms. The number of carbonyl (C=O) groups is 2. The van der Waals surface area contributed by atoms with Gasteiger partial charge < -0.3 is 19.5 Å². The fraction of sp³-hybridized carbons (Fsp3) is 0.385. The molecule has 1 heterocycles. The summed E-state index contributed by atoms with van der Waals surface area (Å²) >= 11 is 0. The second kappa shape index (κ2) is 10.5. The van der Waals surface area contributed by atoms with Crippen molar-refractivity contribution in [3.63, 3.8) is 0 Å². The highest BCUT2D eigenvalue weighted by molar-refractivity contribution is 6.46. The van der Waals surface area contributed by atoms with Gasteiger partial charge >= 0.3 is 0 Å². The van der Waals surface area contributed by atoms with Gasteiger partial charge in [0.2, 0.25) is 0 Å². The average molecular weight is 438 g/mol. The van der Waals surface area contributed by atoms with Crippen LogP contribution in [0.4, 0.5) is 0 Å². The van der Waals surface area contributed by atoms with Crippen molar-refractivity contribution in [1.29, 1.82) is 0 Å². The smallest absolute Gasteiger partial charge is 0.295 e. The summed E-state index contributed by atoms with van der Waals surface area (Å²) in [6, 6.07) is 13.9. The topological polar surface area (TPSA) is 76.1 Å². The van der Waals surface area contributed by atoms with E-state index in [0.717, 1.165) is 11.1 Å². The Kier molecular flexibility index (Phi) is 7.70. The first kappa shape index (κ1) is 23.5. The number of ketones is 1. The van der Waals surface area contributed by atoms with Gasteiger partial charge in [-0.25, -0.2) is 0 Å². The minimum atomic E-state index is -0.680. The predicted octanol–water partition coefficient (Wildman–Crippen LogP) is 4.63. The van der Waals surface area contributed by atoms with Crippen molar-refractivity contribution in [2.45, 2.75) is 46.3 Å². The van der Waals surface area contributed by atoms with Gasteiger partial charge in [0.05, 0.1) is 24.3 Å². The third-order valence-corrected chi connectivity index (χ3v) is 5.31. The van der Waals surface area contributed by atoms with Crippen LogP contribution in [0.1, 0.15) is 49.9 Å². The Hall–Kier alpha value is -3.12. The molecule has 1 atom stereocenters. The minimum Gasteiger partial charge on any atom is -0.507 e. The van der Waals surface area contributed by atoms with Crippen LogP contribution in [-0.4, -0.2) is 47.6 Å². The lowest BCUT2D eigenvalue weighted by Crippen LogP contribution is -2.31. The minimum absolute atomic E-state index is 0.0931. The Bertz CT molecular complexity index is 1010. The van der Waals surface area contributed by atoms with E-state index in [0.29, 0.717) is 37.5 Å². The molecular weight excluding hydrogens is 406 g/mol. The molecule has 0 bridgehead atoms. The first-order valence-corrected chi connectivity index (χ1v) is 11.0. The highest BCUT2D eigenvalue weighted by atomic mass is 16.5. The first-order chi connectivity index (χ1) is 15.3. The van der Waals surface area contributed by atoms with Crippen LogP contribution in [0.15, 0.2) is 54.1 Å². The lowest BCUT2D eigenvalue weighted by Gasteiger charge is -2.25. The number of ether oxygens (including phenoxy) is 2. The number of likely N-dealkylation sites (tertiary alicyclic amines) is 1. The number of amides is 1. The maximum absolute atomic E-state index is 13.1. The Morgan fingerprint density at radius 2 is 1.88 bits per heavy atom. The van der Waals surface area contributed by atoms with Crippen molar-refractivity contribution in [1.82, 2.24) is 4.90 Å². The monoisotopic (exact) mass is 437 g/mol. The maximum Gasteiger partial charge on any atom is 0.295 e. The zero-order valence-electron chi connectivity index (χ0n) is 19.1. The van der Waals surface area contributed by atoms with E-state index in [2.05, 4.69) is 0 Å². The summed E-state index contributed by atoms with van der Waals surface area (Å²) in [4.78, 5) is 27.6. The van der Waals surface area contributed by atoms with Crippen LogP contribution in [0, 0.1) is 6.92 Å². The van der Waals surface area contributed by atoms with Gasteiger partial charge in [0.25, 0.3) is 11.7 Å². The Balaban J connectivity index is 2.04. The molecule has 1 fully saturated rings. The van der Waals surface area contributed by atoms with E-state index in [1.54, 1.807) is 29.2 Å². The first-order valence-electron chi connectivity index (χ1n) is 11.0. The molecule has 6 nitrogen and oxygen atoms in total. The van der Waals surface area contributed by atoms with Crippen LogP contribution < -0.4 is 4.74 Å². The fourth-order valence-corrected chi connectivity index (χ4v) is 3.91. The third-order valence-electron chi connectivity index (χ3n) is 5.31. The number of aliphatic hydroxyl groups excluding tert-OH is 1. The van der Waals surface area contributed by atoms with Gasteiger partial charge in [-0.1, -0.05) is 42.0 Å². The summed E-state index contributed by atoms with van der Waals surface area (Å²) < 4.78 is 11.1. The van der Waals surface area contributed by atoms with Gasteiger partial charge in [-0.15, -0.1) is 0 Å². The summed E-state index contributed by atoms with van der Waals surface area (Å²) in [5.41, 5.74) is 2.33. The number of Topliss-reactive ketones (excluding diaryl/α,β-unsaturated/α-hetero) is 1. The Morgan fingerprint density at radius 1 is 1.12 bits per heavy atom. The highest BCUT2D eigenvalue weighted by Crippen LogP contribution is 2.40. The summed E-state index contributed by atoms with van der Waals surface area (Å²) in [6.07, 6.45) is 0.684. The molecule has 2 aromatic rings. The number of aryl methyl sites for hydroxylation is 1. The van der Waals surface area contributed by atoms with E-state index in [-0.39, 0.29) is 17.4 Å². The van der Waals surface area contributed by atoms with Crippen LogP contribution in [0.2, 0.25) is 0 Å². The lowest BCUT2D eigenvalue weighted by molar-refractivity contribution is -0.140. The molecule has 1 amide bonds. The van der Waals surface area contributed by atoms with E-state index < -0.39 is 17.7 Å². The summed E-state index contributed by atoms with van der Waals surface area (Å²) in [7, 11) is 0. The number of hydrogen-bond acceptors (Lipinski definition) is 5. The standard InChI is InChI=1S/C26H31NO5/c1-5-31-21-12-7-11-20(16-21)24(28)22-23(19-10-6-9-18(4)15-19)27(26(30)25(22)29)13-8-14-32-17(2)3/h6-7,9-12,15-17,23,28H,5,8,13-14H2,1-4H3/b24-22-. The number of aliphatic hydroxyl groups is 1. The number of rotatable bonds is 9. The highest BCUT2D eigenvalue weighted by Gasteiger charge is 2.45. The number of hydrogen-bond donors (Lipinski definition) is 1. The number of benzene rings is 2. The summed E-state index contributed by atoms with van der Waals surface area (Å²) in [6.45, 7) is 9.06. The maximum atomic E-state index is 13.1. The van der Waals surface area contributed by atoms with Crippen LogP contribution in [0.5, 0.6) is 5.75 Å². The second-order valence-electron chi connectivity index (χ2n) is 8.14. The molecule has 0 radical (unpaired) electrons. The van der Waals surface area contributed by atoms with Crippen molar-refractivity contribution in [3.8, 4) is 5.75 Å². The SMILES string of the molecule is CCOc1cccc(/C(O)=C2/C(=O)C(=O)N(CCCOC(C)C)C2c2cccc(C)c2)c1. The van der Waals surface area contributed by atoms with E-state index in [9.17, 15) is 14.7 Å². The second-order valence-corrected chi connectivity index (χ2v) is 8.14. The molecule has 0 aromatic heterocycles. The summed E-state index contributed by atoms with van der Waals surface area (Å²) in [5.74, 6) is -0.898. The molecule has 0 saturated carbocycles. The Morgan fingerprint density at radius 3 is 2.56 bits per heavy atom. The van der Waals surface area contributed by atoms with Gasteiger partial charge in [-0.3, -0.25) is 9.59 Å². The molecule has 0 aliphatic carbocycles. The van der Waals surface area contributed by atoms with Crippen LogP contribution >= 0.6 is 0 Å². The van der Waals surface area contributed by atoms with Crippen molar-refractivity contribution >= 4 is 17.4 Å². The van der Waals surface area contributed by atoms with Gasteiger partial charge in [0.15, 0.2) is 0 Å².